The van der Waals surface area contributed by atoms with Gasteiger partial charge in [-0.25, -0.2) is 0 Å². The van der Waals surface area contributed by atoms with Crippen LogP contribution >= 0.6 is 0 Å². The van der Waals surface area contributed by atoms with Gasteiger partial charge in [-0.15, -0.1) is 0 Å². The van der Waals surface area contributed by atoms with Crippen LogP contribution in [0.15, 0.2) is 48.5 Å². The maximum atomic E-state index is 13.2. The summed E-state index contributed by atoms with van der Waals surface area (Å²) in [4.78, 5) is 38.1. The molecule has 1 atom stereocenters. The van der Waals surface area contributed by atoms with Crippen LogP contribution in [-0.2, 0) is 22.6 Å². The first kappa shape index (κ1) is 22.1. The predicted molar refractivity (Wildman–Crippen MR) is 111 cm³/mol. The van der Waals surface area contributed by atoms with E-state index in [4.69, 9.17) is 0 Å². The average molecular weight is 397 g/mol. The highest BCUT2D eigenvalue weighted by atomic mass is 16.6. The van der Waals surface area contributed by atoms with Crippen molar-refractivity contribution in [3.63, 3.8) is 0 Å². The summed E-state index contributed by atoms with van der Waals surface area (Å²) in [7, 11) is 0. The molecule has 154 valence electrons. The second-order valence-corrected chi connectivity index (χ2v) is 6.89. The number of benzene rings is 2. The largest absolute Gasteiger partial charge is 0.355 e. The Kier molecular flexibility index (Phi) is 7.88. The van der Waals surface area contributed by atoms with E-state index < -0.39 is 11.0 Å². The smallest absolute Gasteiger partial charge is 0.273 e. The van der Waals surface area contributed by atoms with Crippen molar-refractivity contribution in [2.45, 2.75) is 46.2 Å². The molecule has 2 rings (SSSR count). The monoisotopic (exact) mass is 397 g/mol. The van der Waals surface area contributed by atoms with Crippen LogP contribution < -0.4 is 5.32 Å². The Labute approximate surface area is 170 Å². The molecule has 0 saturated carbocycles. The minimum Gasteiger partial charge on any atom is -0.355 e. The molecule has 0 aromatic heterocycles. The number of para-hydroxylation sites is 1. The lowest BCUT2D eigenvalue weighted by Gasteiger charge is -2.30. The fourth-order valence-electron chi connectivity index (χ4n) is 3.32. The second kappa shape index (κ2) is 10.4. The van der Waals surface area contributed by atoms with Crippen LogP contribution in [0.3, 0.4) is 0 Å². The number of hydrogen-bond donors (Lipinski definition) is 1. The standard InChI is InChI=1S/C22H27N3O4/c1-4-19(22(27)23-5-2)24(15-17-10-8-9-16(3)13-17)21(26)14-18-11-6-7-12-20(18)25(28)29/h6-13,19H,4-5,14-15H2,1-3H3,(H,23,27). The van der Waals surface area contributed by atoms with Crippen LogP contribution in [0.1, 0.15) is 37.0 Å². The zero-order chi connectivity index (χ0) is 21.4. The Balaban J connectivity index is 2.36. The van der Waals surface area contributed by atoms with Crippen LogP contribution in [-0.4, -0.2) is 34.2 Å². The molecule has 0 saturated heterocycles. The van der Waals surface area contributed by atoms with Crippen molar-refractivity contribution in [2.24, 2.45) is 0 Å². The van der Waals surface area contributed by atoms with Crippen LogP contribution in [0.4, 0.5) is 5.69 Å². The predicted octanol–water partition coefficient (Wildman–Crippen LogP) is 3.39. The third-order valence-electron chi connectivity index (χ3n) is 4.70. The van der Waals surface area contributed by atoms with E-state index in [1.165, 1.54) is 11.0 Å². The van der Waals surface area contributed by atoms with Crippen LogP contribution in [0.25, 0.3) is 0 Å². The third kappa shape index (κ3) is 5.88. The van der Waals surface area contributed by atoms with Gasteiger partial charge in [0.05, 0.1) is 11.3 Å². The summed E-state index contributed by atoms with van der Waals surface area (Å²) < 4.78 is 0. The molecule has 7 heteroatoms. The molecule has 1 unspecified atom stereocenters. The maximum Gasteiger partial charge on any atom is 0.273 e. The van der Waals surface area contributed by atoms with Gasteiger partial charge >= 0.3 is 0 Å². The normalized spacial score (nSPS) is 11.6. The number of nitro benzene ring substituents is 1. The fraction of sp³-hybridized carbons (Fsp3) is 0.364. The number of aryl methyl sites for hydroxylation is 1. The molecular weight excluding hydrogens is 370 g/mol. The molecule has 2 aromatic rings. The summed E-state index contributed by atoms with van der Waals surface area (Å²) in [6.45, 7) is 6.36. The van der Waals surface area contributed by atoms with E-state index >= 15 is 0 Å². The number of nitrogens with one attached hydrogen (secondary N) is 1. The van der Waals surface area contributed by atoms with Crippen molar-refractivity contribution in [3.05, 3.63) is 75.3 Å². The van der Waals surface area contributed by atoms with Crippen LogP contribution in [0, 0.1) is 17.0 Å². The Hall–Kier alpha value is -3.22. The molecule has 0 spiro atoms. The number of amides is 2. The minimum absolute atomic E-state index is 0.0950. The van der Waals surface area contributed by atoms with Crippen molar-refractivity contribution in [1.82, 2.24) is 10.2 Å². The summed E-state index contributed by atoms with van der Waals surface area (Å²) in [6.07, 6.45) is 0.305. The van der Waals surface area contributed by atoms with Crippen molar-refractivity contribution >= 4 is 17.5 Å². The Morgan fingerprint density at radius 3 is 2.48 bits per heavy atom. The summed E-state index contributed by atoms with van der Waals surface area (Å²) >= 11 is 0. The number of hydrogen-bond acceptors (Lipinski definition) is 4. The van der Waals surface area contributed by atoms with Gasteiger partial charge in [0.1, 0.15) is 6.04 Å². The molecule has 0 bridgehead atoms. The van der Waals surface area contributed by atoms with Gasteiger partial charge in [0.25, 0.3) is 5.69 Å². The molecule has 29 heavy (non-hydrogen) atoms. The van der Waals surface area contributed by atoms with Crippen molar-refractivity contribution in [3.8, 4) is 0 Å². The highest BCUT2D eigenvalue weighted by Crippen LogP contribution is 2.21. The van der Waals surface area contributed by atoms with Gasteiger partial charge in [-0.1, -0.05) is 55.0 Å². The fourth-order valence-corrected chi connectivity index (χ4v) is 3.32. The zero-order valence-corrected chi connectivity index (χ0v) is 17.1. The molecule has 0 aliphatic heterocycles. The summed E-state index contributed by atoms with van der Waals surface area (Å²) in [6, 6.07) is 13.3. The van der Waals surface area contributed by atoms with Crippen molar-refractivity contribution in [1.29, 1.82) is 0 Å². The lowest BCUT2D eigenvalue weighted by atomic mass is 10.0. The van der Waals surface area contributed by atoms with E-state index in [0.29, 0.717) is 18.5 Å². The van der Waals surface area contributed by atoms with Gasteiger partial charge in [0.15, 0.2) is 0 Å². The molecular formula is C22H27N3O4. The first-order valence-corrected chi connectivity index (χ1v) is 9.72. The molecule has 7 nitrogen and oxygen atoms in total. The minimum atomic E-state index is -0.647. The van der Waals surface area contributed by atoms with E-state index in [-0.39, 0.29) is 30.5 Å². The van der Waals surface area contributed by atoms with Crippen LogP contribution in [0.2, 0.25) is 0 Å². The van der Waals surface area contributed by atoms with Gasteiger partial charge in [-0.3, -0.25) is 19.7 Å². The topological polar surface area (TPSA) is 92.6 Å². The molecule has 1 N–H and O–H groups in total. The van der Waals surface area contributed by atoms with Gasteiger partial charge in [-0.05, 0) is 25.8 Å². The van der Waals surface area contributed by atoms with E-state index in [9.17, 15) is 19.7 Å². The van der Waals surface area contributed by atoms with Crippen molar-refractivity contribution in [2.75, 3.05) is 6.54 Å². The SMILES string of the molecule is CCNC(=O)C(CC)N(Cc1cccc(C)c1)C(=O)Cc1ccccc1[N+](=O)[O-]. The van der Waals surface area contributed by atoms with Crippen molar-refractivity contribution < 1.29 is 14.5 Å². The molecule has 0 fully saturated rings. The molecule has 0 aliphatic rings. The number of rotatable bonds is 9. The Morgan fingerprint density at radius 2 is 1.86 bits per heavy atom. The summed E-state index contributed by atoms with van der Waals surface area (Å²) in [5.74, 6) is -0.544. The zero-order valence-electron chi connectivity index (χ0n) is 17.1. The number of likely N-dealkylation sites (N-methyl/N-ethyl adjacent to an activating group) is 1. The molecule has 0 aliphatic carbocycles. The molecule has 2 amide bonds. The number of carbonyl (C=O) groups excluding carboxylic acids is 2. The van der Waals surface area contributed by atoms with E-state index in [1.54, 1.807) is 18.2 Å². The molecule has 2 aromatic carbocycles. The van der Waals surface area contributed by atoms with E-state index in [0.717, 1.165) is 11.1 Å². The maximum absolute atomic E-state index is 13.2. The number of nitrogens with zero attached hydrogens (tertiary/aromatic N) is 2. The second-order valence-electron chi connectivity index (χ2n) is 6.89. The van der Waals surface area contributed by atoms with Gasteiger partial charge in [0, 0.05) is 24.7 Å². The summed E-state index contributed by atoms with van der Waals surface area (Å²) in [5.41, 5.74) is 2.20. The highest BCUT2D eigenvalue weighted by Gasteiger charge is 2.29. The lowest BCUT2D eigenvalue weighted by Crippen LogP contribution is -2.49. The van der Waals surface area contributed by atoms with Gasteiger partial charge < -0.3 is 10.2 Å². The molecule has 0 heterocycles. The van der Waals surface area contributed by atoms with Crippen LogP contribution in [0.5, 0.6) is 0 Å². The number of carbonyl (C=O) groups is 2. The molecule has 0 radical (unpaired) electrons. The van der Waals surface area contributed by atoms with E-state index in [1.807, 2.05) is 45.0 Å². The Morgan fingerprint density at radius 1 is 1.14 bits per heavy atom. The first-order valence-electron chi connectivity index (χ1n) is 9.72. The third-order valence-corrected chi connectivity index (χ3v) is 4.70. The van der Waals surface area contributed by atoms with Gasteiger partial charge in [0.2, 0.25) is 11.8 Å². The quantitative estimate of drug-likeness (QED) is 0.518. The number of nitro groups is 1. The summed E-state index contributed by atoms with van der Waals surface area (Å²) in [5, 5.41) is 14.1. The highest BCUT2D eigenvalue weighted by molar-refractivity contribution is 5.88. The lowest BCUT2D eigenvalue weighted by molar-refractivity contribution is -0.385. The van der Waals surface area contributed by atoms with Gasteiger partial charge in [-0.2, -0.15) is 0 Å². The average Bonchev–Trinajstić information content (AvgIpc) is 2.68. The Bertz CT molecular complexity index is 882. The first-order chi connectivity index (χ1) is 13.9. The van der Waals surface area contributed by atoms with E-state index in [2.05, 4.69) is 5.32 Å².